The number of ketones is 2. The molecule has 328 valence electrons. The van der Waals surface area contributed by atoms with Crippen LogP contribution in [0.1, 0.15) is 132 Å². The van der Waals surface area contributed by atoms with E-state index in [4.69, 9.17) is 23.7 Å². The Hall–Kier alpha value is -3.60. The second kappa shape index (κ2) is 14.2. The van der Waals surface area contributed by atoms with Crippen molar-refractivity contribution in [3.8, 4) is 0 Å². The minimum absolute atomic E-state index is 0. The molecule has 2 spiro atoms. The molecule has 0 N–H and O–H groups in total. The maximum atomic E-state index is 13.1. The van der Waals surface area contributed by atoms with Crippen LogP contribution in [0.15, 0.2) is 34.9 Å². The van der Waals surface area contributed by atoms with Crippen molar-refractivity contribution < 1.29 is 53.9 Å². The lowest BCUT2D eigenvalue weighted by Crippen LogP contribution is -2.63. The fourth-order valence-electron chi connectivity index (χ4n) is 16.1. The van der Waals surface area contributed by atoms with E-state index in [9.17, 15) is 28.8 Å². The largest absolute Gasteiger partial charge is 0.469 e. The SMILES string of the molecule is COC(=O)[C@@H]1CC2=CC(=O)CC[C@]2(C)C2=CC[C@@]3(C)C(CCC34CCC(=O)O4)C21.COC(=O)[C@@H]1CC2=CC(=O)CC[C@]2(C)C2C1C1CCC3(CCC(=O)O3)[C@@]1(C)C[C@H]2OC.[2HH]. The molecule has 2 aliphatic heterocycles. The van der Waals surface area contributed by atoms with Crippen LogP contribution in [0.25, 0.3) is 0 Å². The Morgan fingerprint density at radius 1 is 0.683 bits per heavy atom. The van der Waals surface area contributed by atoms with E-state index in [1.54, 1.807) is 19.3 Å². The Morgan fingerprint density at radius 2 is 1.25 bits per heavy atom. The number of hydrogen-bond donors (Lipinski definition) is 0. The molecule has 0 amide bonds. The van der Waals surface area contributed by atoms with Crippen LogP contribution in [0.3, 0.4) is 0 Å². The fourth-order valence-corrected chi connectivity index (χ4v) is 16.1. The summed E-state index contributed by atoms with van der Waals surface area (Å²) in [5.74, 6) is 0.0501. The third-order valence-electron chi connectivity index (χ3n) is 19.3. The van der Waals surface area contributed by atoms with E-state index in [0.717, 1.165) is 75.4 Å². The molecule has 60 heavy (non-hydrogen) atoms. The monoisotopic (exact) mass is 831 g/mol. The Bertz CT molecular complexity index is 2020. The molecule has 5 saturated carbocycles. The normalized spacial score (nSPS) is 47.1. The van der Waals surface area contributed by atoms with E-state index >= 15 is 0 Å². The van der Waals surface area contributed by atoms with Crippen molar-refractivity contribution in [3.63, 3.8) is 0 Å². The number of ether oxygens (including phenoxy) is 5. The molecule has 11 heteroatoms. The molecule has 14 atom stereocenters. The molecule has 2 saturated heterocycles. The quantitative estimate of drug-likeness (QED) is 0.156. The van der Waals surface area contributed by atoms with E-state index in [-0.39, 0.29) is 106 Å². The first-order chi connectivity index (χ1) is 28.4. The predicted molar refractivity (Wildman–Crippen MR) is 220 cm³/mol. The van der Waals surface area contributed by atoms with Crippen molar-refractivity contribution in [2.24, 2.45) is 63.1 Å². The second-order valence-corrected chi connectivity index (χ2v) is 21.2. The van der Waals surface area contributed by atoms with Gasteiger partial charge in [0.05, 0.1) is 32.2 Å². The zero-order valence-electron chi connectivity index (χ0n) is 36.7. The average Bonchev–Trinajstić information content (AvgIpc) is 3.97. The first-order valence-electron chi connectivity index (χ1n) is 22.7. The Morgan fingerprint density at radius 3 is 1.85 bits per heavy atom. The molecule has 7 fully saturated rings. The molecule has 0 aromatic heterocycles. The van der Waals surface area contributed by atoms with Crippen LogP contribution in [-0.4, -0.2) is 74.1 Å². The molecule has 0 radical (unpaired) electrons. The molecular weight excluding hydrogens is 765 g/mol. The summed E-state index contributed by atoms with van der Waals surface area (Å²) in [5, 5.41) is 0. The lowest BCUT2D eigenvalue weighted by Gasteiger charge is -2.62. The molecule has 11 nitrogen and oxygen atoms in total. The van der Waals surface area contributed by atoms with E-state index in [2.05, 4.69) is 33.8 Å². The highest BCUT2D eigenvalue weighted by Crippen LogP contribution is 2.72. The molecular formula is C49H66O11. The molecule has 10 aliphatic rings. The maximum absolute atomic E-state index is 13.1. The van der Waals surface area contributed by atoms with Gasteiger partial charge >= 0.3 is 23.9 Å². The van der Waals surface area contributed by atoms with Gasteiger partial charge in [-0.25, -0.2) is 0 Å². The second-order valence-electron chi connectivity index (χ2n) is 21.2. The van der Waals surface area contributed by atoms with Crippen molar-refractivity contribution in [3.05, 3.63) is 34.9 Å². The topological polar surface area (TPSA) is 149 Å². The minimum atomic E-state index is -0.448. The van der Waals surface area contributed by atoms with Crippen molar-refractivity contribution in [2.75, 3.05) is 21.3 Å². The summed E-state index contributed by atoms with van der Waals surface area (Å²) < 4.78 is 28.7. The number of rotatable bonds is 3. The third kappa shape index (κ3) is 5.67. The number of fused-ring (bicyclic) bond motifs is 12. The van der Waals surface area contributed by atoms with Gasteiger partial charge in [-0.05, 0) is 124 Å². The van der Waals surface area contributed by atoms with Crippen LogP contribution in [0.5, 0.6) is 0 Å². The number of allylic oxidation sites excluding steroid dienone is 5. The van der Waals surface area contributed by atoms with E-state index in [0.29, 0.717) is 38.5 Å². The standard InChI is InChI=1S/C25H34O6.C24H30O5.H2/c1-23-8-5-15(26)11-14(23)12-16(22(28)30-4)20-17-6-9-25(10-7-19(27)31-25)24(17,2)13-18(29-3)21(20)23;1-22-8-4-15(25)12-14(22)13-16(21(27)28-3)20-17(22)5-9-23(2)18(20)6-10-24(23)11-7-19(26)29-24;/h11,16-18,20-21H,5-10,12-13H2,1-4H3;5,12,16,18,20H,4,6-11,13H2,1-3H3;1H/t16-,17?,18-,20?,21?,23+,24+,25?;16-,18?,20?,22+,23+,24?;/m11./s1/i;;1+1. The zero-order valence-corrected chi connectivity index (χ0v) is 36.7. The summed E-state index contributed by atoms with van der Waals surface area (Å²) in [6.45, 7) is 9.05. The minimum Gasteiger partial charge on any atom is -0.469 e. The fraction of sp³-hybridized carbons (Fsp3) is 0.755. The predicted octanol–water partition coefficient (Wildman–Crippen LogP) is 7.78. The van der Waals surface area contributed by atoms with E-state index in [1.165, 1.54) is 19.8 Å². The number of carbonyl (C=O) groups excluding carboxylic acids is 6. The van der Waals surface area contributed by atoms with E-state index in [1.807, 2.05) is 0 Å². The molecule has 10 rings (SSSR count). The van der Waals surface area contributed by atoms with Gasteiger partial charge in [0.1, 0.15) is 11.2 Å². The van der Waals surface area contributed by atoms with Gasteiger partial charge in [-0.15, -0.1) is 0 Å². The van der Waals surface area contributed by atoms with Crippen LogP contribution in [0.4, 0.5) is 0 Å². The summed E-state index contributed by atoms with van der Waals surface area (Å²) in [6, 6.07) is 0. The van der Waals surface area contributed by atoms with Gasteiger partial charge in [0.15, 0.2) is 11.6 Å². The van der Waals surface area contributed by atoms with Gasteiger partial charge in [0.2, 0.25) is 0 Å². The van der Waals surface area contributed by atoms with Crippen LogP contribution in [0.2, 0.25) is 0 Å². The number of methoxy groups -OCH3 is 3. The summed E-state index contributed by atoms with van der Waals surface area (Å²) in [6.07, 6.45) is 17.6. The highest BCUT2D eigenvalue weighted by molar-refractivity contribution is 5.93. The molecule has 0 bridgehead atoms. The summed E-state index contributed by atoms with van der Waals surface area (Å²) in [4.78, 5) is 74.6. The van der Waals surface area contributed by atoms with Gasteiger partial charge in [0, 0.05) is 50.5 Å². The van der Waals surface area contributed by atoms with Crippen LogP contribution in [-0.2, 0) is 52.5 Å². The van der Waals surface area contributed by atoms with Crippen molar-refractivity contribution in [2.45, 2.75) is 148 Å². The van der Waals surface area contributed by atoms with Crippen molar-refractivity contribution in [1.82, 2.24) is 0 Å². The number of hydrogen-bond acceptors (Lipinski definition) is 11. The summed E-state index contributed by atoms with van der Waals surface area (Å²) >= 11 is 0. The van der Waals surface area contributed by atoms with Gasteiger partial charge in [0.25, 0.3) is 0 Å². The lowest BCUT2D eigenvalue weighted by atomic mass is 9.43. The summed E-state index contributed by atoms with van der Waals surface area (Å²) in [7, 11) is 4.67. The van der Waals surface area contributed by atoms with Gasteiger partial charge in [-0.3, -0.25) is 28.8 Å². The van der Waals surface area contributed by atoms with Gasteiger partial charge < -0.3 is 23.7 Å². The maximum Gasteiger partial charge on any atom is 0.309 e. The number of carbonyl (C=O) groups is 6. The van der Waals surface area contributed by atoms with Gasteiger partial charge in [-0.1, -0.05) is 50.5 Å². The lowest BCUT2D eigenvalue weighted by molar-refractivity contribution is -0.201. The first kappa shape index (κ1) is 41.7. The van der Waals surface area contributed by atoms with Crippen molar-refractivity contribution >= 4 is 35.4 Å². The zero-order chi connectivity index (χ0) is 42.8. The molecule has 0 aromatic carbocycles. The molecule has 7 unspecified atom stereocenters. The van der Waals surface area contributed by atoms with Gasteiger partial charge in [-0.2, -0.15) is 0 Å². The number of esters is 4. The Balaban J connectivity index is 0.000000166. The third-order valence-corrected chi connectivity index (χ3v) is 19.3. The van der Waals surface area contributed by atoms with E-state index < -0.39 is 11.2 Å². The molecule has 2 heterocycles. The highest BCUT2D eigenvalue weighted by atomic mass is 16.6. The molecule has 8 aliphatic carbocycles. The highest BCUT2D eigenvalue weighted by Gasteiger charge is 2.72. The Kier molecular flexibility index (Phi) is 9.89. The Labute approximate surface area is 355 Å². The van der Waals surface area contributed by atoms with Crippen LogP contribution < -0.4 is 0 Å². The van der Waals surface area contributed by atoms with Crippen molar-refractivity contribution in [1.29, 1.82) is 0 Å². The molecule has 0 aromatic rings. The smallest absolute Gasteiger partial charge is 0.309 e. The average molecular weight is 832 g/mol. The first-order valence-corrected chi connectivity index (χ1v) is 22.7. The van der Waals surface area contributed by atoms with Crippen LogP contribution in [0, 0.1) is 63.1 Å². The van der Waals surface area contributed by atoms with Crippen LogP contribution >= 0.6 is 0 Å². The summed E-state index contributed by atoms with van der Waals surface area (Å²) in [5.41, 5.74) is 1.98.